The van der Waals surface area contributed by atoms with Crippen molar-refractivity contribution < 1.29 is 13.9 Å². The van der Waals surface area contributed by atoms with Crippen molar-refractivity contribution in [1.82, 2.24) is 0 Å². The van der Waals surface area contributed by atoms with E-state index in [4.69, 9.17) is 4.74 Å². The van der Waals surface area contributed by atoms with E-state index >= 15 is 0 Å². The molecule has 2 aromatic carbocycles. The Balaban J connectivity index is 1.75. The monoisotopic (exact) mass is 270 g/mol. The summed E-state index contributed by atoms with van der Waals surface area (Å²) in [5, 5.41) is 0. The van der Waals surface area contributed by atoms with Crippen LogP contribution >= 0.6 is 0 Å². The first-order chi connectivity index (χ1) is 9.69. The van der Waals surface area contributed by atoms with Gasteiger partial charge in [0.25, 0.3) is 0 Å². The fraction of sp³-hybridized carbons (Fsp3) is 0.235. The first-order valence-electron chi connectivity index (χ1n) is 6.63. The van der Waals surface area contributed by atoms with Crippen LogP contribution in [0.5, 0.6) is 5.75 Å². The second-order valence-corrected chi connectivity index (χ2v) is 5.08. The second-order valence-electron chi connectivity index (χ2n) is 5.08. The van der Waals surface area contributed by atoms with Crippen molar-refractivity contribution in [3.63, 3.8) is 0 Å². The smallest absolute Gasteiger partial charge is 0.165 e. The number of benzene rings is 2. The molecule has 2 nitrogen and oxygen atoms in total. The number of Topliss-reactive ketones (excluding diaryl/α,β-unsaturated/α-hetero) is 1. The van der Waals surface area contributed by atoms with Crippen LogP contribution in [0.4, 0.5) is 4.39 Å². The standard InChI is InChI=1S/C17H15FO2/c1-20-17-10-12(6-7-15(17)18)16(19)9-13-8-11-4-2-3-5-14(11)13/h2-7,10,13H,8-9H2,1H3. The number of carbonyl (C=O) groups is 1. The lowest BCUT2D eigenvalue weighted by molar-refractivity contribution is 0.0970. The summed E-state index contributed by atoms with van der Waals surface area (Å²) in [6.07, 6.45) is 1.41. The van der Waals surface area contributed by atoms with Crippen molar-refractivity contribution >= 4 is 5.78 Å². The van der Waals surface area contributed by atoms with Crippen molar-refractivity contribution in [3.05, 3.63) is 65.0 Å². The molecular formula is C17H15FO2. The molecule has 1 aliphatic rings. The number of hydrogen-bond acceptors (Lipinski definition) is 2. The molecule has 0 saturated heterocycles. The number of methoxy groups -OCH3 is 1. The van der Waals surface area contributed by atoms with Crippen LogP contribution in [0.25, 0.3) is 0 Å². The summed E-state index contributed by atoms with van der Waals surface area (Å²) in [6.45, 7) is 0. The summed E-state index contributed by atoms with van der Waals surface area (Å²) >= 11 is 0. The summed E-state index contributed by atoms with van der Waals surface area (Å²) in [4.78, 5) is 12.3. The van der Waals surface area contributed by atoms with Gasteiger partial charge in [-0.25, -0.2) is 4.39 Å². The largest absolute Gasteiger partial charge is 0.494 e. The number of rotatable bonds is 4. The van der Waals surface area contributed by atoms with E-state index in [1.54, 1.807) is 0 Å². The van der Waals surface area contributed by atoms with E-state index in [1.807, 2.05) is 12.1 Å². The van der Waals surface area contributed by atoms with Crippen molar-refractivity contribution in [2.24, 2.45) is 0 Å². The molecule has 1 aliphatic carbocycles. The molecule has 2 aromatic rings. The molecule has 0 spiro atoms. The molecule has 0 radical (unpaired) electrons. The van der Waals surface area contributed by atoms with Crippen molar-refractivity contribution in [1.29, 1.82) is 0 Å². The Morgan fingerprint density at radius 3 is 2.85 bits per heavy atom. The maximum absolute atomic E-state index is 13.3. The molecule has 1 unspecified atom stereocenters. The quantitative estimate of drug-likeness (QED) is 0.791. The van der Waals surface area contributed by atoms with Crippen molar-refractivity contribution in [3.8, 4) is 5.75 Å². The third-order valence-electron chi connectivity index (χ3n) is 3.87. The normalized spacial score (nSPS) is 16.2. The van der Waals surface area contributed by atoms with Gasteiger partial charge in [0.1, 0.15) is 0 Å². The Kier molecular flexibility index (Phi) is 3.26. The minimum atomic E-state index is -0.446. The number of hydrogen-bond donors (Lipinski definition) is 0. The van der Waals surface area contributed by atoms with Gasteiger partial charge in [0.05, 0.1) is 7.11 Å². The highest BCUT2D eigenvalue weighted by molar-refractivity contribution is 5.97. The van der Waals surface area contributed by atoms with E-state index < -0.39 is 5.82 Å². The van der Waals surface area contributed by atoms with Crippen LogP contribution in [0, 0.1) is 5.82 Å². The van der Waals surface area contributed by atoms with E-state index in [0.29, 0.717) is 12.0 Å². The van der Waals surface area contributed by atoms with Gasteiger partial charge in [-0.15, -0.1) is 0 Å². The van der Waals surface area contributed by atoms with Gasteiger partial charge in [-0.1, -0.05) is 24.3 Å². The number of fused-ring (bicyclic) bond motifs is 1. The average Bonchev–Trinajstić information content (AvgIpc) is 2.45. The lowest BCUT2D eigenvalue weighted by Crippen LogP contribution is -2.20. The third-order valence-corrected chi connectivity index (χ3v) is 3.87. The van der Waals surface area contributed by atoms with Gasteiger partial charge >= 0.3 is 0 Å². The first kappa shape index (κ1) is 12.9. The maximum atomic E-state index is 13.3. The fourth-order valence-corrected chi connectivity index (χ4v) is 2.72. The Labute approximate surface area is 117 Å². The molecule has 0 amide bonds. The number of halogens is 1. The molecule has 0 N–H and O–H groups in total. The molecule has 0 heterocycles. The van der Waals surface area contributed by atoms with E-state index in [9.17, 15) is 9.18 Å². The van der Waals surface area contributed by atoms with Gasteiger partial charge in [0.2, 0.25) is 0 Å². The van der Waals surface area contributed by atoms with Crippen LogP contribution in [-0.2, 0) is 6.42 Å². The van der Waals surface area contributed by atoms with Crippen molar-refractivity contribution in [2.75, 3.05) is 7.11 Å². The highest BCUT2D eigenvalue weighted by Crippen LogP contribution is 2.38. The molecule has 3 heteroatoms. The van der Waals surface area contributed by atoms with Gasteiger partial charge in [-0.3, -0.25) is 4.79 Å². The summed E-state index contributed by atoms with van der Waals surface area (Å²) in [7, 11) is 1.40. The Hall–Kier alpha value is -2.16. The Morgan fingerprint density at radius 1 is 1.30 bits per heavy atom. The molecule has 0 aliphatic heterocycles. The van der Waals surface area contributed by atoms with Crippen LogP contribution < -0.4 is 4.74 Å². The highest BCUT2D eigenvalue weighted by atomic mass is 19.1. The van der Waals surface area contributed by atoms with Gasteiger partial charge < -0.3 is 4.74 Å². The summed E-state index contributed by atoms with van der Waals surface area (Å²) < 4.78 is 18.2. The minimum Gasteiger partial charge on any atom is -0.494 e. The van der Waals surface area contributed by atoms with Crippen LogP contribution in [0.1, 0.15) is 33.8 Å². The molecule has 0 saturated carbocycles. The van der Waals surface area contributed by atoms with Gasteiger partial charge in [0.15, 0.2) is 17.3 Å². The van der Waals surface area contributed by atoms with E-state index in [1.165, 1.54) is 36.4 Å². The fourth-order valence-electron chi connectivity index (χ4n) is 2.72. The lowest BCUT2D eigenvalue weighted by atomic mass is 9.74. The topological polar surface area (TPSA) is 26.3 Å². The maximum Gasteiger partial charge on any atom is 0.165 e. The first-order valence-corrected chi connectivity index (χ1v) is 6.63. The van der Waals surface area contributed by atoms with E-state index in [2.05, 4.69) is 12.1 Å². The highest BCUT2D eigenvalue weighted by Gasteiger charge is 2.27. The SMILES string of the molecule is COc1cc(C(=O)CC2Cc3ccccc32)ccc1F. The Morgan fingerprint density at radius 2 is 2.10 bits per heavy atom. The third kappa shape index (κ3) is 2.20. The minimum absolute atomic E-state index is 0.0304. The average molecular weight is 270 g/mol. The molecular weight excluding hydrogens is 255 g/mol. The second kappa shape index (κ2) is 5.08. The van der Waals surface area contributed by atoms with Crippen LogP contribution in [0.2, 0.25) is 0 Å². The van der Waals surface area contributed by atoms with Gasteiger partial charge in [-0.2, -0.15) is 0 Å². The molecule has 3 rings (SSSR count). The predicted molar refractivity (Wildman–Crippen MR) is 74.8 cm³/mol. The van der Waals surface area contributed by atoms with E-state index in [0.717, 1.165) is 6.42 Å². The summed E-state index contributed by atoms with van der Waals surface area (Å²) in [5.74, 6) is -0.0135. The Bertz CT molecular complexity index is 664. The van der Waals surface area contributed by atoms with Crippen LogP contribution in [-0.4, -0.2) is 12.9 Å². The lowest BCUT2D eigenvalue weighted by Gasteiger charge is -2.29. The summed E-state index contributed by atoms with van der Waals surface area (Å²) in [6, 6.07) is 12.4. The summed E-state index contributed by atoms with van der Waals surface area (Å²) in [5.41, 5.74) is 3.09. The number of ether oxygens (including phenoxy) is 1. The molecule has 102 valence electrons. The molecule has 20 heavy (non-hydrogen) atoms. The zero-order valence-electron chi connectivity index (χ0n) is 11.2. The van der Waals surface area contributed by atoms with Gasteiger partial charge in [-0.05, 0) is 41.7 Å². The van der Waals surface area contributed by atoms with Crippen molar-refractivity contribution in [2.45, 2.75) is 18.8 Å². The zero-order valence-corrected chi connectivity index (χ0v) is 11.2. The molecule has 0 fully saturated rings. The predicted octanol–water partition coefficient (Wildman–Crippen LogP) is 3.75. The number of carbonyl (C=O) groups excluding carboxylic acids is 1. The van der Waals surface area contributed by atoms with Gasteiger partial charge in [0, 0.05) is 12.0 Å². The molecule has 0 aromatic heterocycles. The zero-order chi connectivity index (χ0) is 14.1. The molecule has 0 bridgehead atoms. The molecule has 1 atom stereocenters. The van der Waals surface area contributed by atoms with E-state index in [-0.39, 0.29) is 17.5 Å². The van der Waals surface area contributed by atoms with Crippen LogP contribution in [0.15, 0.2) is 42.5 Å². The number of ketones is 1. The van der Waals surface area contributed by atoms with Crippen LogP contribution in [0.3, 0.4) is 0 Å².